The van der Waals surface area contributed by atoms with Crippen LogP contribution in [0.4, 0.5) is 0 Å². The van der Waals surface area contributed by atoms with E-state index in [0.717, 1.165) is 47.6 Å². The number of carbonyl (C=O) groups is 1. The van der Waals surface area contributed by atoms with E-state index in [4.69, 9.17) is 19.2 Å². The molecule has 0 aliphatic heterocycles. The third-order valence-corrected chi connectivity index (χ3v) is 6.14. The summed E-state index contributed by atoms with van der Waals surface area (Å²) in [5.74, 6) is 2.86. The number of aryl methyl sites for hydroxylation is 2. The molecule has 36 heavy (non-hydrogen) atoms. The summed E-state index contributed by atoms with van der Waals surface area (Å²) in [4.78, 5) is 17.5. The van der Waals surface area contributed by atoms with Crippen LogP contribution in [0.25, 0.3) is 11.0 Å². The number of rotatable bonds is 12. The van der Waals surface area contributed by atoms with Gasteiger partial charge in [-0.1, -0.05) is 30.3 Å². The van der Waals surface area contributed by atoms with Gasteiger partial charge in [-0.05, 0) is 61.7 Å². The molecule has 1 amide bonds. The summed E-state index contributed by atoms with van der Waals surface area (Å²) in [6.45, 7) is 4.06. The summed E-state index contributed by atoms with van der Waals surface area (Å²) in [5.41, 5.74) is 3.75. The number of unbranched alkanes of at least 4 members (excludes halogenated alkanes) is 1. The Hall–Kier alpha value is -4.00. The number of imidazole rings is 1. The smallest absolute Gasteiger partial charge is 0.251 e. The number of para-hydroxylation sites is 3. The lowest BCUT2D eigenvalue weighted by molar-refractivity contribution is 0.0953. The Morgan fingerprint density at radius 2 is 1.69 bits per heavy atom. The lowest BCUT2D eigenvalue weighted by Crippen LogP contribution is -2.26. The summed E-state index contributed by atoms with van der Waals surface area (Å²) in [6.07, 6.45) is 2.54. The van der Waals surface area contributed by atoms with E-state index in [2.05, 4.69) is 28.9 Å². The third kappa shape index (κ3) is 5.97. The number of amides is 1. The van der Waals surface area contributed by atoms with Gasteiger partial charge in [-0.25, -0.2) is 4.98 Å². The van der Waals surface area contributed by atoms with Gasteiger partial charge in [0, 0.05) is 25.1 Å². The molecule has 4 rings (SSSR count). The lowest BCUT2D eigenvalue weighted by atomic mass is 10.2. The summed E-state index contributed by atoms with van der Waals surface area (Å²) in [6, 6.07) is 21.4. The molecule has 0 spiro atoms. The molecule has 7 heteroatoms. The molecule has 0 fully saturated rings. The van der Waals surface area contributed by atoms with Gasteiger partial charge >= 0.3 is 0 Å². The van der Waals surface area contributed by atoms with Gasteiger partial charge < -0.3 is 24.1 Å². The van der Waals surface area contributed by atoms with Crippen LogP contribution < -0.4 is 19.5 Å². The van der Waals surface area contributed by atoms with E-state index in [1.165, 1.54) is 0 Å². The fraction of sp³-hybridized carbons (Fsp3) is 0.310. The van der Waals surface area contributed by atoms with Crippen LogP contribution in [-0.4, -0.2) is 42.8 Å². The number of aromatic nitrogens is 2. The highest BCUT2D eigenvalue weighted by Crippen LogP contribution is 2.27. The molecule has 4 aromatic rings. The summed E-state index contributed by atoms with van der Waals surface area (Å²) < 4.78 is 18.8. The van der Waals surface area contributed by atoms with Crippen molar-refractivity contribution in [1.82, 2.24) is 14.9 Å². The molecule has 0 radical (unpaired) electrons. The van der Waals surface area contributed by atoms with Gasteiger partial charge in [0.05, 0.1) is 31.9 Å². The molecule has 0 saturated carbocycles. The van der Waals surface area contributed by atoms with E-state index in [1.54, 1.807) is 32.4 Å². The van der Waals surface area contributed by atoms with Crippen LogP contribution in [0.1, 0.15) is 34.6 Å². The zero-order valence-corrected chi connectivity index (χ0v) is 21.1. The quantitative estimate of drug-likeness (QED) is 0.278. The number of nitrogens with zero attached hydrogens (tertiary/aromatic N) is 2. The molecule has 0 aliphatic rings. The highest BCUT2D eigenvalue weighted by Gasteiger charge is 2.13. The molecule has 0 unspecified atom stereocenters. The molecule has 0 aliphatic carbocycles. The highest BCUT2D eigenvalue weighted by atomic mass is 16.5. The second kappa shape index (κ2) is 12.1. The van der Waals surface area contributed by atoms with Crippen molar-refractivity contribution in [3.8, 4) is 17.2 Å². The van der Waals surface area contributed by atoms with E-state index in [-0.39, 0.29) is 5.91 Å². The number of nitrogens with one attached hydrogen (secondary N) is 1. The molecule has 0 bridgehead atoms. The van der Waals surface area contributed by atoms with Gasteiger partial charge in [0.1, 0.15) is 11.6 Å². The Kier molecular flexibility index (Phi) is 8.44. The molecule has 188 valence electrons. The van der Waals surface area contributed by atoms with Crippen molar-refractivity contribution < 1.29 is 19.0 Å². The SMILES string of the molecule is COc1ccc(C(=O)NCCc2nc3ccccc3n2CCCCOc2ccccc2C)cc1OC. The molecule has 7 nitrogen and oxygen atoms in total. The zero-order valence-electron chi connectivity index (χ0n) is 21.1. The predicted molar refractivity (Wildman–Crippen MR) is 141 cm³/mol. The van der Waals surface area contributed by atoms with E-state index < -0.39 is 0 Å². The first-order chi connectivity index (χ1) is 17.6. The van der Waals surface area contributed by atoms with Gasteiger partial charge in [0.2, 0.25) is 0 Å². The van der Waals surface area contributed by atoms with Gasteiger partial charge in [-0.3, -0.25) is 4.79 Å². The largest absolute Gasteiger partial charge is 0.493 e. The fourth-order valence-corrected chi connectivity index (χ4v) is 4.21. The van der Waals surface area contributed by atoms with Crippen LogP contribution in [0.2, 0.25) is 0 Å². The Balaban J connectivity index is 1.35. The standard InChI is InChI=1S/C29H33N3O4/c1-21-10-4-7-13-25(21)36-19-9-8-18-32-24-12-6-5-11-23(24)31-28(32)16-17-30-29(33)22-14-15-26(34-2)27(20-22)35-3/h4-7,10-15,20H,8-9,16-19H2,1-3H3,(H,30,33). The molecule has 1 heterocycles. The van der Waals surface area contributed by atoms with Gasteiger partial charge in [-0.2, -0.15) is 0 Å². The van der Waals surface area contributed by atoms with Crippen LogP contribution in [0.15, 0.2) is 66.7 Å². The minimum atomic E-state index is -0.160. The van der Waals surface area contributed by atoms with E-state index >= 15 is 0 Å². The topological polar surface area (TPSA) is 74.6 Å². The van der Waals surface area contributed by atoms with Crippen LogP contribution in [0.5, 0.6) is 17.2 Å². The first-order valence-electron chi connectivity index (χ1n) is 12.2. The van der Waals surface area contributed by atoms with Gasteiger partial charge in [-0.15, -0.1) is 0 Å². The van der Waals surface area contributed by atoms with Crippen molar-refractivity contribution in [3.63, 3.8) is 0 Å². The van der Waals surface area contributed by atoms with E-state index in [1.807, 2.05) is 36.4 Å². The van der Waals surface area contributed by atoms with Crippen LogP contribution in [0.3, 0.4) is 0 Å². The molecular weight excluding hydrogens is 454 g/mol. The zero-order chi connectivity index (χ0) is 25.3. The van der Waals surface area contributed by atoms with Crippen LogP contribution >= 0.6 is 0 Å². The molecule has 0 saturated heterocycles. The number of fused-ring (bicyclic) bond motifs is 1. The third-order valence-electron chi connectivity index (χ3n) is 6.14. The summed E-state index contributed by atoms with van der Waals surface area (Å²) in [7, 11) is 3.12. The molecule has 0 atom stereocenters. The second-order valence-corrected chi connectivity index (χ2v) is 8.57. The van der Waals surface area contributed by atoms with Crippen LogP contribution in [0, 0.1) is 6.92 Å². The summed E-state index contributed by atoms with van der Waals surface area (Å²) in [5, 5.41) is 3.00. The predicted octanol–water partition coefficient (Wildman–Crippen LogP) is 5.19. The van der Waals surface area contributed by atoms with Gasteiger partial charge in [0.15, 0.2) is 11.5 Å². The number of hydrogen-bond donors (Lipinski definition) is 1. The molecular formula is C29H33N3O4. The highest BCUT2D eigenvalue weighted by molar-refractivity contribution is 5.94. The Labute approximate surface area is 212 Å². The number of benzene rings is 3. The molecule has 1 aromatic heterocycles. The van der Waals surface area contributed by atoms with Crippen molar-refractivity contribution in [3.05, 3.63) is 83.7 Å². The minimum Gasteiger partial charge on any atom is -0.493 e. The number of methoxy groups -OCH3 is 2. The van der Waals surface area contributed by atoms with Crippen LogP contribution in [-0.2, 0) is 13.0 Å². The van der Waals surface area contributed by atoms with Crippen molar-refractivity contribution in [2.24, 2.45) is 0 Å². The maximum absolute atomic E-state index is 12.7. The van der Waals surface area contributed by atoms with Crippen molar-refractivity contribution in [2.75, 3.05) is 27.4 Å². The van der Waals surface area contributed by atoms with Crippen molar-refractivity contribution >= 4 is 16.9 Å². The Bertz CT molecular complexity index is 1320. The normalized spacial score (nSPS) is 10.9. The average molecular weight is 488 g/mol. The second-order valence-electron chi connectivity index (χ2n) is 8.57. The maximum atomic E-state index is 12.7. The molecule has 3 aromatic carbocycles. The first-order valence-corrected chi connectivity index (χ1v) is 12.2. The Morgan fingerprint density at radius 1 is 0.917 bits per heavy atom. The summed E-state index contributed by atoms with van der Waals surface area (Å²) >= 11 is 0. The lowest BCUT2D eigenvalue weighted by Gasteiger charge is -2.12. The Morgan fingerprint density at radius 3 is 2.50 bits per heavy atom. The van der Waals surface area contributed by atoms with Crippen molar-refractivity contribution in [1.29, 1.82) is 0 Å². The molecule has 1 N–H and O–H groups in total. The fourth-order valence-electron chi connectivity index (χ4n) is 4.21. The van der Waals surface area contributed by atoms with E-state index in [0.29, 0.717) is 36.6 Å². The number of ether oxygens (including phenoxy) is 3. The van der Waals surface area contributed by atoms with Gasteiger partial charge in [0.25, 0.3) is 5.91 Å². The minimum absolute atomic E-state index is 0.160. The van der Waals surface area contributed by atoms with E-state index in [9.17, 15) is 4.79 Å². The number of carbonyl (C=O) groups excluding carboxylic acids is 1. The number of hydrogen-bond acceptors (Lipinski definition) is 5. The van der Waals surface area contributed by atoms with Crippen molar-refractivity contribution in [2.45, 2.75) is 32.7 Å². The first kappa shape index (κ1) is 25.1. The average Bonchev–Trinajstić information content (AvgIpc) is 3.26. The maximum Gasteiger partial charge on any atom is 0.251 e. The monoisotopic (exact) mass is 487 g/mol.